The molecule has 9 nitrogen and oxygen atoms in total. The normalized spacial score (nSPS) is 16.2. The molecule has 1 aromatic rings. The fourth-order valence-corrected chi connectivity index (χ4v) is 3.73. The Bertz CT molecular complexity index is 683. The van der Waals surface area contributed by atoms with E-state index in [4.69, 9.17) is 4.74 Å². The number of nitrogens with one attached hydrogen (secondary N) is 1. The molecule has 0 radical (unpaired) electrons. The number of piperazine rings is 1. The number of aliphatic imine (C=N–C) groups is 1. The number of sulfone groups is 1. The zero-order valence-electron chi connectivity index (χ0n) is 15.6. The summed E-state index contributed by atoms with van der Waals surface area (Å²) in [7, 11) is -1.21. The van der Waals surface area contributed by atoms with Crippen molar-refractivity contribution in [2.24, 2.45) is 4.99 Å². The molecule has 1 aromatic heterocycles. The van der Waals surface area contributed by atoms with E-state index in [1.54, 1.807) is 7.05 Å². The Hall–Kier alpha value is -1.46. The lowest BCUT2D eigenvalue weighted by Crippen LogP contribution is -2.53. The minimum absolute atomic E-state index is 0.0506. The molecule has 0 saturated carbocycles. The molecule has 0 bridgehead atoms. The van der Waals surface area contributed by atoms with Gasteiger partial charge in [0, 0.05) is 64.0 Å². The second-order valence-corrected chi connectivity index (χ2v) is 9.03. The van der Waals surface area contributed by atoms with Crippen molar-refractivity contribution in [1.82, 2.24) is 19.6 Å². The molecule has 1 aliphatic heterocycles. The molecule has 0 aromatic carbocycles. The molecule has 1 fully saturated rings. The molecule has 0 aliphatic carbocycles. The van der Waals surface area contributed by atoms with E-state index < -0.39 is 9.84 Å². The Morgan fingerprint density at radius 2 is 2.04 bits per heavy atom. The Balaban J connectivity index is 1.69. The maximum Gasteiger partial charge on any atom is 0.205 e. The van der Waals surface area contributed by atoms with E-state index in [0.717, 1.165) is 49.5 Å². The molecule has 0 unspecified atom stereocenters. The minimum atomic E-state index is -2.97. The summed E-state index contributed by atoms with van der Waals surface area (Å²) in [6.45, 7) is 6.79. The van der Waals surface area contributed by atoms with Crippen molar-refractivity contribution in [3.8, 4) is 0 Å². The van der Waals surface area contributed by atoms with Gasteiger partial charge >= 0.3 is 0 Å². The van der Waals surface area contributed by atoms with Crippen LogP contribution in [0.3, 0.4) is 0 Å². The van der Waals surface area contributed by atoms with Gasteiger partial charge in [0.1, 0.15) is 15.7 Å². The molecule has 11 heteroatoms. The molecular formula is C15H28N6O3S2. The predicted molar refractivity (Wildman–Crippen MR) is 105 cm³/mol. The number of guanidine groups is 1. The first-order valence-electron chi connectivity index (χ1n) is 8.71. The van der Waals surface area contributed by atoms with Crippen LogP contribution in [0.15, 0.2) is 4.99 Å². The SMILES string of the molecule is CCc1nsc(N2CCN(C(=NC)NCCOCCS(C)(=O)=O)CC2)n1. The van der Waals surface area contributed by atoms with Gasteiger partial charge in [-0.15, -0.1) is 0 Å². The first-order valence-corrected chi connectivity index (χ1v) is 11.5. The zero-order chi connectivity index (χ0) is 19.0. The van der Waals surface area contributed by atoms with Crippen LogP contribution >= 0.6 is 11.5 Å². The zero-order valence-corrected chi connectivity index (χ0v) is 17.3. The van der Waals surface area contributed by atoms with E-state index in [-0.39, 0.29) is 12.4 Å². The van der Waals surface area contributed by atoms with Gasteiger partial charge in [-0.2, -0.15) is 4.37 Å². The second-order valence-electron chi connectivity index (χ2n) is 6.04. The van der Waals surface area contributed by atoms with Gasteiger partial charge in [-0.1, -0.05) is 6.92 Å². The Morgan fingerprint density at radius 3 is 2.62 bits per heavy atom. The number of aryl methyl sites for hydroxylation is 1. The number of nitrogens with zero attached hydrogens (tertiary/aromatic N) is 5. The molecule has 1 aliphatic rings. The van der Waals surface area contributed by atoms with Crippen molar-refractivity contribution >= 4 is 32.5 Å². The summed E-state index contributed by atoms with van der Waals surface area (Å²) in [6.07, 6.45) is 2.07. The molecule has 148 valence electrons. The standard InChI is InChI=1S/C15H28N6O3S2/c1-4-13-18-15(25-19-13)21-8-6-20(7-9-21)14(16-2)17-5-10-24-11-12-26(3,22)23/h4-12H2,1-3H3,(H,16,17). The third-order valence-corrected chi connectivity index (χ3v) is 5.69. The van der Waals surface area contributed by atoms with Gasteiger partial charge in [0.15, 0.2) is 5.96 Å². The van der Waals surface area contributed by atoms with Gasteiger partial charge in [-0.3, -0.25) is 4.99 Å². The largest absolute Gasteiger partial charge is 0.379 e. The third kappa shape index (κ3) is 6.69. The van der Waals surface area contributed by atoms with Gasteiger partial charge < -0.3 is 19.9 Å². The van der Waals surface area contributed by atoms with Crippen LogP contribution in [0.25, 0.3) is 0 Å². The molecule has 0 spiro atoms. The molecule has 1 N–H and O–H groups in total. The summed E-state index contributed by atoms with van der Waals surface area (Å²) >= 11 is 1.46. The van der Waals surface area contributed by atoms with E-state index >= 15 is 0 Å². The summed E-state index contributed by atoms with van der Waals surface area (Å²) in [5.41, 5.74) is 0. The number of aromatic nitrogens is 2. The number of anilines is 1. The van der Waals surface area contributed by atoms with Crippen molar-refractivity contribution in [3.63, 3.8) is 0 Å². The summed E-state index contributed by atoms with van der Waals surface area (Å²) in [4.78, 5) is 13.3. The summed E-state index contributed by atoms with van der Waals surface area (Å²) in [5.74, 6) is 1.79. The van der Waals surface area contributed by atoms with Crippen molar-refractivity contribution in [2.75, 3.05) is 69.9 Å². The number of hydrogen-bond acceptors (Lipinski definition) is 8. The summed E-state index contributed by atoms with van der Waals surface area (Å²) in [5, 5.41) is 4.25. The molecule has 0 atom stereocenters. The topological polar surface area (TPSA) is 100 Å². The highest BCUT2D eigenvalue weighted by molar-refractivity contribution is 7.90. The van der Waals surface area contributed by atoms with Gasteiger partial charge in [-0.25, -0.2) is 13.4 Å². The molecule has 0 amide bonds. The van der Waals surface area contributed by atoms with Crippen LogP contribution in [0.2, 0.25) is 0 Å². The smallest absolute Gasteiger partial charge is 0.205 e. The number of rotatable bonds is 8. The van der Waals surface area contributed by atoms with Gasteiger partial charge in [0.05, 0.1) is 19.0 Å². The number of ether oxygens (including phenoxy) is 1. The van der Waals surface area contributed by atoms with Gasteiger partial charge in [0.2, 0.25) is 5.13 Å². The maximum atomic E-state index is 11.0. The lowest BCUT2D eigenvalue weighted by Gasteiger charge is -2.36. The van der Waals surface area contributed by atoms with Crippen LogP contribution in [0.1, 0.15) is 12.7 Å². The molecule has 1 saturated heterocycles. The molecular weight excluding hydrogens is 376 g/mol. The molecule has 2 rings (SSSR count). The Morgan fingerprint density at radius 1 is 1.31 bits per heavy atom. The van der Waals surface area contributed by atoms with Crippen LogP contribution in [-0.4, -0.2) is 93.6 Å². The van der Waals surface area contributed by atoms with Gasteiger partial charge in [0.25, 0.3) is 0 Å². The predicted octanol–water partition coefficient (Wildman–Crippen LogP) is -0.141. The minimum Gasteiger partial charge on any atom is -0.379 e. The fraction of sp³-hybridized carbons (Fsp3) is 0.800. The van der Waals surface area contributed by atoms with Crippen molar-refractivity contribution in [1.29, 1.82) is 0 Å². The van der Waals surface area contributed by atoms with Crippen LogP contribution < -0.4 is 10.2 Å². The maximum absolute atomic E-state index is 11.0. The Labute approximate surface area is 159 Å². The van der Waals surface area contributed by atoms with E-state index in [9.17, 15) is 8.42 Å². The van der Waals surface area contributed by atoms with Crippen molar-refractivity contribution < 1.29 is 13.2 Å². The van der Waals surface area contributed by atoms with E-state index in [0.29, 0.717) is 13.2 Å². The van der Waals surface area contributed by atoms with E-state index in [1.807, 2.05) is 0 Å². The molecule has 2 heterocycles. The monoisotopic (exact) mass is 404 g/mol. The second kappa shape index (κ2) is 10.0. The lowest BCUT2D eigenvalue weighted by atomic mass is 10.3. The number of hydrogen-bond donors (Lipinski definition) is 1. The highest BCUT2D eigenvalue weighted by Crippen LogP contribution is 2.19. The van der Waals surface area contributed by atoms with Crippen molar-refractivity contribution in [2.45, 2.75) is 13.3 Å². The average Bonchev–Trinajstić information content (AvgIpc) is 3.10. The van der Waals surface area contributed by atoms with E-state index in [1.165, 1.54) is 17.8 Å². The van der Waals surface area contributed by atoms with Crippen LogP contribution in [0, 0.1) is 0 Å². The van der Waals surface area contributed by atoms with Crippen LogP contribution in [-0.2, 0) is 21.0 Å². The lowest BCUT2D eigenvalue weighted by molar-refractivity contribution is 0.153. The van der Waals surface area contributed by atoms with Crippen LogP contribution in [0.4, 0.5) is 5.13 Å². The van der Waals surface area contributed by atoms with Gasteiger partial charge in [-0.05, 0) is 0 Å². The summed E-state index contributed by atoms with van der Waals surface area (Å²) < 4.78 is 31.8. The first kappa shape index (κ1) is 20.8. The average molecular weight is 405 g/mol. The third-order valence-electron chi connectivity index (χ3n) is 3.96. The highest BCUT2D eigenvalue weighted by Gasteiger charge is 2.21. The van der Waals surface area contributed by atoms with E-state index in [2.05, 4.69) is 36.4 Å². The molecule has 26 heavy (non-hydrogen) atoms. The Kier molecular flexibility index (Phi) is 8.04. The van der Waals surface area contributed by atoms with Crippen molar-refractivity contribution in [3.05, 3.63) is 5.82 Å². The summed E-state index contributed by atoms with van der Waals surface area (Å²) in [6, 6.07) is 0. The quantitative estimate of drug-likeness (QED) is 0.363. The van der Waals surface area contributed by atoms with Crippen LogP contribution in [0.5, 0.6) is 0 Å². The highest BCUT2D eigenvalue weighted by atomic mass is 32.2. The fourth-order valence-electron chi connectivity index (χ4n) is 2.51. The first-order chi connectivity index (χ1) is 12.4.